The van der Waals surface area contributed by atoms with E-state index in [9.17, 15) is 8.42 Å². The Morgan fingerprint density at radius 1 is 1.08 bits per heavy atom. The Morgan fingerprint density at radius 2 is 1.79 bits per heavy atom. The van der Waals surface area contributed by atoms with Gasteiger partial charge in [0.05, 0.1) is 19.3 Å². The lowest BCUT2D eigenvalue weighted by atomic mass is 10.1. The van der Waals surface area contributed by atoms with Gasteiger partial charge in [0.1, 0.15) is 23.0 Å². The minimum atomic E-state index is -3.75. The monoisotopic (exact) mass is 347 g/mol. The highest BCUT2D eigenvalue weighted by Crippen LogP contribution is 2.38. The molecule has 24 heavy (non-hydrogen) atoms. The summed E-state index contributed by atoms with van der Waals surface area (Å²) < 4.78 is 38.9. The molecule has 1 aliphatic heterocycles. The second-order valence-electron chi connectivity index (χ2n) is 5.98. The van der Waals surface area contributed by atoms with Crippen molar-refractivity contribution in [1.29, 1.82) is 0 Å². The average molecular weight is 347 g/mol. The van der Waals surface area contributed by atoms with E-state index in [2.05, 4.69) is 0 Å². The quantitative estimate of drug-likeness (QED) is 0.855. The predicted molar refractivity (Wildman–Crippen MR) is 93.7 cm³/mol. The second-order valence-corrected chi connectivity index (χ2v) is 7.81. The van der Waals surface area contributed by atoms with E-state index in [1.54, 1.807) is 12.1 Å². The van der Waals surface area contributed by atoms with E-state index in [-0.39, 0.29) is 11.4 Å². The van der Waals surface area contributed by atoms with Crippen molar-refractivity contribution in [2.24, 2.45) is 0 Å². The van der Waals surface area contributed by atoms with E-state index in [0.717, 1.165) is 16.7 Å². The van der Waals surface area contributed by atoms with Crippen molar-refractivity contribution in [3.05, 3.63) is 47.0 Å². The second kappa shape index (κ2) is 6.02. The van der Waals surface area contributed by atoms with Crippen molar-refractivity contribution in [3.8, 4) is 11.5 Å². The first-order chi connectivity index (χ1) is 11.3. The molecule has 0 N–H and O–H groups in total. The molecule has 5 nitrogen and oxygen atoms in total. The number of rotatable bonds is 3. The summed E-state index contributed by atoms with van der Waals surface area (Å²) in [7, 11) is -2.26. The summed E-state index contributed by atoms with van der Waals surface area (Å²) in [4.78, 5) is 0.183. The number of anilines is 1. The number of hydrogen-bond acceptors (Lipinski definition) is 4. The number of nitrogens with zero attached hydrogens (tertiary/aromatic N) is 1. The smallest absolute Gasteiger partial charge is 0.268 e. The van der Waals surface area contributed by atoms with Gasteiger partial charge < -0.3 is 9.47 Å². The molecule has 1 aliphatic rings. The van der Waals surface area contributed by atoms with Crippen LogP contribution in [0.15, 0.2) is 35.2 Å². The molecule has 0 radical (unpaired) electrons. The van der Waals surface area contributed by atoms with Crippen molar-refractivity contribution in [2.45, 2.75) is 25.7 Å². The van der Waals surface area contributed by atoms with Gasteiger partial charge in [-0.05, 0) is 61.7 Å². The Bertz CT molecular complexity index is 890. The van der Waals surface area contributed by atoms with Crippen LogP contribution in [0.2, 0.25) is 0 Å². The Balaban J connectivity index is 2.17. The van der Waals surface area contributed by atoms with Gasteiger partial charge in [-0.1, -0.05) is 6.07 Å². The minimum absolute atomic E-state index is 0.183. The molecule has 0 unspecified atom stereocenters. The normalized spacial score (nSPS) is 14.1. The maximum Gasteiger partial charge on any atom is 0.268 e. The zero-order valence-electron chi connectivity index (χ0n) is 14.3. The van der Waals surface area contributed by atoms with Crippen LogP contribution in [0.5, 0.6) is 11.5 Å². The van der Waals surface area contributed by atoms with Gasteiger partial charge in [0.15, 0.2) is 0 Å². The Morgan fingerprint density at radius 3 is 2.50 bits per heavy atom. The molecule has 0 spiro atoms. The number of fused-ring (bicyclic) bond motifs is 1. The number of methoxy groups -OCH3 is 1. The third-order valence-corrected chi connectivity index (χ3v) is 6.12. The van der Waals surface area contributed by atoms with Gasteiger partial charge in [-0.2, -0.15) is 0 Å². The topological polar surface area (TPSA) is 55.8 Å². The predicted octanol–water partition coefficient (Wildman–Crippen LogP) is 3.21. The number of hydrogen-bond donors (Lipinski definition) is 0. The molecule has 0 aromatic heterocycles. The summed E-state index contributed by atoms with van der Waals surface area (Å²) >= 11 is 0. The lowest BCUT2D eigenvalue weighted by molar-refractivity contribution is 0.315. The largest absolute Gasteiger partial charge is 0.495 e. The van der Waals surface area contributed by atoms with E-state index < -0.39 is 10.0 Å². The number of aryl methyl sites for hydroxylation is 3. The van der Waals surface area contributed by atoms with Crippen LogP contribution in [-0.4, -0.2) is 28.7 Å². The summed E-state index contributed by atoms with van der Waals surface area (Å²) in [5.41, 5.74) is 3.45. The van der Waals surface area contributed by atoms with Crippen LogP contribution in [0, 0.1) is 20.8 Å². The van der Waals surface area contributed by atoms with E-state index >= 15 is 0 Å². The van der Waals surface area contributed by atoms with Crippen LogP contribution in [0.25, 0.3) is 0 Å². The molecule has 0 aliphatic carbocycles. The Hall–Kier alpha value is -2.21. The average Bonchev–Trinajstić information content (AvgIpc) is 2.56. The molecule has 2 aromatic rings. The van der Waals surface area contributed by atoms with Gasteiger partial charge in [0.25, 0.3) is 10.0 Å². The SMILES string of the molecule is COc1cc(C)c(C)cc1S(=O)(=O)N1CCOc2ccc(C)cc21. The first-order valence-electron chi connectivity index (χ1n) is 7.76. The fourth-order valence-corrected chi connectivity index (χ4v) is 4.47. The fourth-order valence-electron chi connectivity index (χ4n) is 2.80. The van der Waals surface area contributed by atoms with Crippen molar-refractivity contribution >= 4 is 15.7 Å². The van der Waals surface area contributed by atoms with Crippen molar-refractivity contribution in [1.82, 2.24) is 0 Å². The molecular formula is C18H21NO4S. The first kappa shape index (κ1) is 16.6. The standard InChI is InChI=1S/C18H21NO4S/c1-12-5-6-16-15(9-12)19(7-8-23-16)24(20,21)18-11-14(3)13(2)10-17(18)22-4/h5-6,9-11H,7-8H2,1-4H3. The third kappa shape index (κ3) is 2.71. The Labute approximate surface area is 142 Å². The van der Waals surface area contributed by atoms with Crippen molar-refractivity contribution in [2.75, 3.05) is 24.6 Å². The molecule has 0 bridgehead atoms. The van der Waals surface area contributed by atoms with Gasteiger partial charge in [0, 0.05) is 0 Å². The molecular weight excluding hydrogens is 326 g/mol. The molecule has 0 atom stereocenters. The van der Waals surface area contributed by atoms with Crippen LogP contribution in [0.1, 0.15) is 16.7 Å². The first-order valence-corrected chi connectivity index (χ1v) is 9.20. The number of ether oxygens (including phenoxy) is 2. The molecule has 1 heterocycles. The summed E-state index contributed by atoms with van der Waals surface area (Å²) in [6.45, 7) is 6.35. The Kier molecular flexibility index (Phi) is 4.17. The maximum absolute atomic E-state index is 13.3. The lowest BCUT2D eigenvalue weighted by Gasteiger charge is -2.31. The van der Waals surface area contributed by atoms with Crippen LogP contribution in [0.3, 0.4) is 0 Å². The van der Waals surface area contributed by atoms with Gasteiger partial charge in [0.2, 0.25) is 0 Å². The molecule has 6 heteroatoms. The zero-order valence-corrected chi connectivity index (χ0v) is 15.1. The molecule has 0 saturated carbocycles. The van der Waals surface area contributed by atoms with E-state index in [1.807, 2.05) is 39.0 Å². The third-order valence-electron chi connectivity index (χ3n) is 4.28. The van der Waals surface area contributed by atoms with Crippen LogP contribution >= 0.6 is 0 Å². The summed E-state index contributed by atoms with van der Waals surface area (Å²) in [5, 5.41) is 0. The highest BCUT2D eigenvalue weighted by atomic mass is 32.2. The van der Waals surface area contributed by atoms with E-state index in [0.29, 0.717) is 23.8 Å². The molecule has 0 fully saturated rings. The van der Waals surface area contributed by atoms with Crippen LogP contribution in [0.4, 0.5) is 5.69 Å². The van der Waals surface area contributed by atoms with Crippen molar-refractivity contribution < 1.29 is 17.9 Å². The van der Waals surface area contributed by atoms with Crippen LogP contribution in [-0.2, 0) is 10.0 Å². The van der Waals surface area contributed by atoms with Gasteiger partial charge in [-0.3, -0.25) is 4.31 Å². The summed E-state index contributed by atoms with van der Waals surface area (Å²) in [6.07, 6.45) is 0. The highest BCUT2D eigenvalue weighted by Gasteiger charge is 2.32. The summed E-state index contributed by atoms with van der Waals surface area (Å²) in [5.74, 6) is 0.942. The minimum Gasteiger partial charge on any atom is -0.495 e. The molecule has 128 valence electrons. The van der Waals surface area contributed by atoms with E-state index in [4.69, 9.17) is 9.47 Å². The lowest BCUT2D eigenvalue weighted by Crippen LogP contribution is -2.38. The molecule has 0 amide bonds. The van der Waals surface area contributed by atoms with Gasteiger partial charge >= 0.3 is 0 Å². The van der Waals surface area contributed by atoms with Crippen LogP contribution < -0.4 is 13.8 Å². The fraction of sp³-hybridized carbons (Fsp3) is 0.333. The van der Waals surface area contributed by atoms with Crippen molar-refractivity contribution in [3.63, 3.8) is 0 Å². The molecule has 2 aromatic carbocycles. The van der Waals surface area contributed by atoms with Gasteiger partial charge in [-0.25, -0.2) is 8.42 Å². The molecule has 0 saturated heterocycles. The van der Waals surface area contributed by atoms with Gasteiger partial charge in [-0.15, -0.1) is 0 Å². The highest BCUT2D eigenvalue weighted by molar-refractivity contribution is 7.93. The van der Waals surface area contributed by atoms with E-state index in [1.165, 1.54) is 11.4 Å². The maximum atomic E-state index is 13.3. The summed E-state index contributed by atoms with van der Waals surface area (Å²) in [6, 6.07) is 8.99. The molecule has 3 rings (SSSR count). The zero-order chi connectivity index (χ0) is 17.5. The number of benzene rings is 2. The number of sulfonamides is 1.